The van der Waals surface area contributed by atoms with Crippen LogP contribution in [-0.2, 0) is 0 Å². The van der Waals surface area contributed by atoms with Crippen LogP contribution < -0.4 is 10.1 Å². The number of aromatic nitrogens is 6. The molecule has 1 aliphatic carbocycles. The average molecular weight is 459 g/mol. The summed E-state index contributed by atoms with van der Waals surface area (Å²) < 4.78 is 24.6. The Labute approximate surface area is 194 Å². The van der Waals surface area contributed by atoms with Crippen molar-refractivity contribution in [1.82, 2.24) is 29.3 Å². The third kappa shape index (κ3) is 3.42. The van der Waals surface area contributed by atoms with E-state index >= 15 is 0 Å². The van der Waals surface area contributed by atoms with Gasteiger partial charge in [-0.25, -0.2) is 14.4 Å². The summed E-state index contributed by atoms with van der Waals surface area (Å²) in [6.07, 6.45) is 9.12. The smallest absolute Gasteiger partial charge is 0.258 e. The maximum Gasteiger partial charge on any atom is 0.258 e. The van der Waals surface area contributed by atoms with Crippen molar-refractivity contribution in [2.45, 2.75) is 38.6 Å². The number of carbonyl (C=O) groups excluding carboxylic acids is 1. The lowest BCUT2D eigenvalue weighted by molar-refractivity contribution is 0.102. The second kappa shape index (κ2) is 7.75. The highest BCUT2D eigenvalue weighted by molar-refractivity contribution is 6.06. The maximum absolute atomic E-state index is 14.9. The molecule has 4 aromatic rings. The number of amides is 1. The van der Waals surface area contributed by atoms with E-state index in [0.29, 0.717) is 46.7 Å². The SMILES string of the molecule is Cc1cc(F)c(C(=O)Nc2ccnc3c2OC[C@H](C)n2cnnc2-3)cc1-n1cnc(C2CC2)c1. The van der Waals surface area contributed by atoms with Crippen molar-refractivity contribution in [1.29, 1.82) is 0 Å². The van der Waals surface area contributed by atoms with Gasteiger partial charge in [0.25, 0.3) is 5.91 Å². The number of nitrogens with one attached hydrogen (secondary N) is 1. The molecule has 4 heterocycles. The van der Waals surface area contributed by atoms with Crippen LogP contribution in [0.4, 0.5) is 10.1 Å². The molecule has 34 heavy (non-hydrogen) atoms. The quantitative estimate of drug-likeness (QED) is 0.494. The third-order valence-corrected chi connectivity index (χ3v) is 6.29. The number of rotatable bonds is 4. The standard InChI is InChI=1S/C24H22FN7O2/c1-13-7-17(25)16(8-20(13)31-9-19(27-11-31)15-3-4-15)24(33)29-18-5-6-26-21-22(18)34-10-14(2)32-12-28-30-23(21)32/h5-9,11-12,14-15H,3-4,10H2,1-2H3,(H,26,29,33)/t14-/m0/s1. The first-order chi connectivity index (χ1) is 16.5. The molecule has 1 N–H and O–H groups in total. The molecule has 0 radical (unpaired) electrons. The van der Waals surface area contributed by atoms with Crippen LogP contribution in [0.3, 0.4) is 0 Å². The monoisotopic (exact) mass is 459 g/mol. The molecule has 0 spiro atoms. The summed E-state index contributed by atoms with van der Waals surface area (Å²) in [5.74, 6) is 0.241. The fraction of sp³-hybridized carbons (Fsp3) is 0.292. The molecule has 0 unspecified atom stereocenters. The van der Waals surface area contributed by atoms with E-state index in [-0.39, 0.29) is 11.6 Å². The minimum Gasteiger partial charge on any atom is -0.487 e. The van der Waals surface area contributed by atoms with E-state index in [1.54, 1.807) is 31.0 Å². The van der Waals surface area contributed by atoms with E-state index in [0.717, 1.165) is 18.5 Å². The molecule has 9 nitrogen and oxygen atoms in total. The molecular weight excluding hydrogens is 437 g/mol. The summed E-state index contributed by atoms with van der Waals surface area (Å²) in [4.78, 5) is 22.1. The van der Waals surface area contributed by atoms with Crippen molar-refractivity contribution in [3.05, 3.63) is 65.9 Å². The summed E-state index contributed by atoms with van der Waals surface area (Å²) >= 11 is 0. The van der Waals surface area contributed by atoms with Gasteiger partial charge in [-0.15, -0.1) is 10.2 Å². The van der Waals surface area contributed by atoms with Crippen molar-refractivity contribution in [3.8, 4) is 23.0 Å². The van der Waals surface area contributed by atoms with Crippen LogP contribution in [0, 0.1) is 12.7 Å². The minimum absolute atomic E-state index is 0.0180. The van der Waals surface area contributed by atoms with Crippen molar-refractivity contribution in [2.24, 2.45) is 0 Å². The zero-order chi connectivity index (χ0) is 23.4. The third-order valence-electron chi connectivity index (χ3n) is 6.29. The Morgan fingerprint density at radius 3 is 2.91 bits per heavy atom. The van der Waals surface area contributed by atoms with Crippen LogP contribution in [0.15, 0.2) is 43.2 Å². The van der Waals surface area contributed by atoms with E-state index in [4.69, 9.17) is 4.74 Å². The maximum atomic E-state index is 14.9. The normalized spacial score (nSPS) is 16.9. The van der Waals surface area contributed by atoms with Gasteiger partial charge < -0.3 is 19.2 Å². The fourth-order valence-corrected chi connectivity index (χ4v) is 4.23. The van der Waals surface area contributed by atoms with Crippen molar-refractivity contribution < 1.29 is 13.9 Å². The Bertz CT molecular complexity index is 1420. The molecule has 1 saturated carbocycles. The molecular formula is C24H22FN7O2. The molecule has 1 amide bonds. The Morgan fingerprint density at radius 1 is 1.24 bits per heavy atom. The first-order valence-electron chi connectivity index (χ1n) is 11.2. The van der Waals surface area contributed by atoms with Crippen LogP contribution in [0.2, 0.25) is 0 Å². The molecule has 0 bridgehead atoms. The van der Waals surface area contributed by atoms with E-state index in [2.05, 4.69) is 25.5 Å². The molecule has 1 aromatic carbocycles. The van der Waals surface area contributed by atoms with Gasteiger partial charge in [-0.1, -0.05) is 0 Å². The highest BCUT2D eigenvalue weighted by atomic mass is 19.1. The van der Waals surface area contributed by atoms with Crippen molar-refractivity contribution in [2.75, 3.05) is 11.9 Å². The topological polar surface area (TPSA) is 99.7 Å². The number of benzene rings is 1. The second-order valence-corrected chi connectivity index (χ2v) is 8.81. The van der Waals surface area contributed by atoms with Gasteiger partial charge in [0.05, 0.1) is 35.0 Å². The van der Waals surface area contributed by atoms with Gasteiger partial charge in [0.2, 0.25) is 0 Å². The van der Waals surface area contributed by atoms with Crippen LogP contribution in [0.5, 0.6) is 5.75 Å². The lowest BCUT2D eigenvalue weighted by Gasteiger charge is -2.15. The molecule has 3 aromatic heterocycles. The number of carbonyl (C=O) groups is 1. The lowest BCUT2D eigenvalue weighted by Crippen LogP contribution is -2.16. The van der Waals surface area contributed by atoms with Gasteiger partial charge in [-0.05, 0) is 50.5 Å². The summed E-state index contributed by atoms with van der Waals surface area (Å²) in [6, 6.07) is 4.53. The highest BCUT2D eigenvalue weighted by Crippen LogP contribution is 2.40. The van der Waals surface area contributed by atoms with Gasteiger partial charge in [0.15, 0.2) is 17.3 Å². The van der Waals surface area contributed by atoms with E-state index in [9.17, 15) is 9.18 Å². The Balaban J connectivity index is 1.34. The van der Waals surface area contributed by atoms with Gasteiger partial charge in [0.1, 0.15) is 18.8 Å². The molecule has 1 fully saturated rings. The van der Waals surface area contributed by atoms with Gasteiger partial charge >= 0.3 is 0 Å². The van der Waals surface area contributed by atoms with Crippen LogP contribution in [0.25, 0.3) is 17.2 Å². The summed E-state index contributed by atoms with van der Waals surface area (Å²) in [5.41, 5.74) is 3.22. The number of ether oxygens (including phenoxy) is 1. The molecule has 1 aliphatic heterocycles. The molecule has 10 heteroatoms. The molecule has 0 saturated heterocycles. The van der Waals surface area contributed by atoms with Crippen LogP contribution in [-0.4, -0.2) is 41.8 Å². The molecule has 1 atom stereocenters. The predicted molar refractivity (Wildman–Crippen MR) is 122 cm³/mol. The first-order valence-corrected chi connectivity index (χ1v) is 11.2. The Kier molecular flexibility index (Phi) is 4.68. The van der Waals surface area contributed by atoms with Crippen LogP contribution >= 0.6 is 0 Å². The molecule has 172 valence electrons. The van der Waals surface area contributed by atoms with E-state index < -0.39 is 11.7 Å². The zero-order valence-electron chi connectivity index (χ0n) is 18.7. The number of nitrogens with zero attached hydrogens (tertiary/aromatic N) is 6. The summed E-state index contributed by atoms with van der Waals surface area (Å²) in [5, 5.41) is 10.9. The lowest BCUT2D eigenvalue weighted by atomic mass is 10.1. The van der Waals surface area contributed by atoms with Gasteiger partial charge in [-0.3, -0.25) is 4.79 Å². The van der Waals surface area contributed by atoms with E-state index in [1.165, 1.54) is 6.07 Å². The first kappa shape index (κ1) is 20.5. The molecule has 6 rings (SSSR count). The second-order valence-electron chi connectivity index (χ2n) is 8.81. The zero-order valence-corrected chi connectivity index (χ0v) is 18.7. The Morgan fingerprint density at radius 2 is 2.09 bits per heavy atom. The summed E-state index contributed by atoms with van der Waals surface area (Å²) in [6.45, 7) is 4.13. The number of anilines is 1. The van der Waals surface area contributed by atoms with E-state index in [1.807, 2.05) is 29.2 Å². The summed E-state index contributed by atoms with van der Waals surface area (Å²) in [7, 11) is 0. The van der Waals surface area contributed by atoms with Crippen molar-refractivity contribution >= 4 is 11.6 Å². The predicted octanol–water partition coefficient (Wildman–Crippen LogP) is 4.06. The Hall–Kier alpha value is -4.08. The minimum atomic E-state index is -0.601. The average Bonchev–Trinajstić information content (AvgIpc) is 3.38. The number of fused-ring (bicyclic) bond motifs is 3. The number of imidazole rings is 1. The van der Waals surface area contributed by atoms with Crippen LogP contribution in [0.1, 0.15) is 53.3 Å². The number of hydrogen-bond acceptors (Lipinski definition) is 6. The highest BCUT2D eigenvalue weighted by Gasteiger charge is 2.28. The fourth-order valence-electron chi connectivity index (χ4n) is 4.23. The van der Waals surface area contributed by atoms with Crippen molar-refractivity contribution in [3.63, 3.8) is 0 Å². The van der Waals surface area contributed by atoms with Gasteiger partial charge in [-0.2, -0.15) is 0 Å². The number of halogens is 1. The number of aryl methyl sites for hydroxylation is 1. The molecule has 2 aliphatic rings. The largest absolute Gasteiger partial charge is 0.487 e. The number of pyridine rings is 1. The van der Waals surface area contributed by atoms with Gasteiger partial charge in [0, 0.05) is 18.3 Å². The number of hydrogen-bond donors (Lipinski definition) is 1.